The lowest BCUT2D eigenvalue weighted by atomic mass is 10.4. The van der Waals surface area contributed by atoms with Gasteiger partial charge in [-0.15, -0.1) is 0 Å². The van der Waals surface area contributed by atoms with Crippen LogP contribution in [0.2, 0.25) is 0 Å². The summed E-state index contributed by atoms with van der Waals surface area (Å²) in [4.78, 5) is 15.1. The van der Waals surface area contributed by atoms with Crippen LogP contribution < -0.4 is 15.0 Å². The van der Waals surface area contributed by atoms with Crippen LogP contribution in [-0.2, 0) is 0 Å². The zero-order valence-electron chi connectivity index (χ0n) is 12.4. The van der Waals surface area contributed by atoms with Crippen molar-refractivity contribution in [1.29, 1.82) is 0 Å². The van der Waals surface area contributed by atoms with Crippen molar-refractivity contribution in [3.05, 3.63) is 0 Å². The minimum absolute atomic E-state index is 0.404. The zero-order chi connectivity index (χ0) is 14.1. The van der Waals surface area contributed by atoms with Crippen LogP contribution in [0, 0.1) is 0 Å². The summed E-state index contributed by atoms with van der Waals surface area (Å²) in [6.45, 7) is 11.4. The fourth-order valence-corrected chi connectivity index (χ4v) is 1.60. The second-order valence-corrected chi connectivity index (χ2v) is 4.15. The molecule has 0 amide bonds. The molecular formula is C13H25N5O. The molecule has 1 aromatic rings. The third-order valence-corrected chi connectivity index (χ3v) is 2.71. The fourth-order valence-electron chi connectivity index (χ4n) is 1.60. The van der Waals surface area contributed by atoms with Gasteiger partial charge in [0.05, 0.1) is 6.61 Å². The average Bonchev–Trinajstić information content (AvgIpc) is 2.41. The zero-order valence-corrected chi connectivity index (χ0v) is 12.4. The van der Waals surface area contributed by atoms with Crippen LogP contribution in [0.25, 0.3) is 0 Å². The van der Waals surface area contributed by atoms with Gasteiger partial charge in [0, 0.05) is 19.6 Å². The van der Waals surface area contributed by atoms with Crippen molar-refractivity contribution in [2.45, 2.75) is 40.5 Å². The molecule has 1 aromatic heterocycles. The molecule has 0 saturated heterocycles. The Kier molecular flexibility index (Phi) is 6.92. The molecule has 0 unspecified atom stereocenters. The topological polar surface area (TPSA) is 63.2 Å². The number of aromatic nitrogens is 3. The fraction of sp³-hybridized carbons (Fsp3) is 0.769. The maximum atomic E-state index is 5.58. The van der Waals surface area contributed by atoms with E-state index in [1.165, 1.54) is 0 Å². The highest BCUT2D eigenvalue weighted by molar-refractivity contribution is 5.38. The van der Waals surface area contributed by atoms with Crippen molar-refractivity contribution in [2.75, 3.05) is 36.5 Å². The molecule has 0 radical (unpaired) electrons. The molecule has 0 spiro atoms. The van der Waals surface area contributed by atoms with Gasteiger partial charge >= 0.3 is 6.01 Å². The molecule has 0 saturated carbocycles. The molecule has 1 heterocycles. The van der Waals surface area contributed by atoms with Crippen molar-refractivity contribution in [3.63, 3.8) is 0 Å². The van der Waals surface area contributed by atoms with Crippen molar-refractivity contribution in [3.8, 4) is 6.01 Å². The summed E-state index contributed by atoms with van der Waals surface area (Å²) in [5.41, 5.74) is 0. The third-order valence-electron chi connectivity index (χ3n) is 2.71. The molecule has 19 heavy (non-hydrogen) atoms. The van der Waals surface area contributed by atoms with E-state index in [2.05, 4.69) is 45.9 Å². The van der Waals surface area contributed by atoms with Gasteiger partial charge in [0.2, 0.25) is 11.9 Å². The van der Waals surface area contributed by atoms with E-state index in [1.807, 2.05) is 6.92 Å². The van der Waals surface area contributed by atoms with Gasteiger partial charge in [-0.3, -0.25) is 0 Å². The van der Waals surface area contributed by atoms with E-state index in [0.717, 1.165) is 32.5 Å². The number of unbranched alkanes of at least 4 members (excludes halogenated alkanes) is 1. The molecule has 108 valence electrons. The molecule has 6 nitrogen and oxygen atoms in total. The van der Waals surface area contributed by atoms with E-state index in [1.54, 1.807) is 0 Å². The number of nitrogens with zero attached hydrogens (tertiary/aromatic N) is 4. The van der Waals surface area contributed by atoms with Gasteiger partial charge in [0.15, 0.2) is 0 Å². The minimum Gasteiger partial charge on any atom is -0.463 e. The molecule has 0 aromatic carbocycles. The first-order valence-electron chi connectivity index (χ1n) is 7.12. The largest absolute Gasteiger partial charge is 0.463 e. The first-order chi connectivity index (χ1) is 9.24. The first kappa shape index (κ1) is 15.5. The van der Waals surface area contributed by atoms with Crippen LogP contribution in [0.3, 0.4) is 0 Å². The predicted molar refractivity (Wildman–Crippen MR) is 78.0 cm³/mol. The third kappa shape index (κ3) is 4.89. The molecular weight excluding hydrogens is 242 g/mol. The first-order valence-corrected chi connectivity index (χ1v) is 7.12. The molecule has 0 atom stereocenters. The van der Waals surface area contributed by atoms with Gasteiger partial charge in [-0.25, -0.2) is 0 Å². The Bertz CT molecular complexity index is 368. The summed E-state index contributed by atoms with van der Waals surface area (Å²) in [5, 5.41) is 3.11. The molecule has 0 aliphatic heterocycles. The van der Waals surface area contributed by atoms with Gasteiger partial charge in [0.25, 0.3) is 0 Å². The smallest absolute Gasteiger partial charge is 0.323 e. The summed E-state index contributed by atoms with van der Waals surface area (Å²) >= 11 is 0. The van der Waals surface area contributed by atoms with Gasteiger partial charge in [-0.2, -0.15) is 15.0 Å². The van der Waals surface area contributed by atoms with Crippen LogP contribution in [0.1, 0.15) is 40.5 Å². The number of rotatable bonds is 9. The van der Waals surface area contributed by atoms with Gasteiger partial charge in [-0.1, -0.05) is 13.3 Å². The van der Waals surface area contributed by atoms with Crippen molar-refractivity contribution in [2.24, 2.45) is 0 Å². The van der Waals surface area contributed by atoms with Gasteiger partial charge < -0.3 is 15.0 Å². The number of ether oxygens (including phenoxy) is 1. The minimum atomic E-state index is 0.404. The predicted octanol–water partition coefficient (Wildman–Crippen LogP) is 2.33. The lowest BCUT2D eigenvalue weighted by molar-refractivity contribution is 0.285. The number of hydrogen-bond acceptors (Lipinski definition) is 6. The van der Waals surface area contributed by atoms with Crippen LogP contribution in [0.15, 0.2) is 0 Å². The Hall–Kier alpha value is -1.59. The van der Waals surface area contributed by atoms with E-state index in [0.29, 0.717) is 24.5 Å². The summed E-state index contributed by atoms with van der Waals surface area (Å²) in [7, 11) is 0. The Morgan fingerprint density at radius 2 is 1.79 bits per heavy atom. The monoisotopic (exact) mass is 267 g/mol. The van der Waals surface area contributed by atoms with E-state index in [4.69, 9.17) is 4.74 Å². The maximum Gasteiger partial charge on any atom is 0.323 e. The van der Waals surface area contributed by atoms with E-state index >= 15 is 0 Å². The highest BCUT2D eigenvalue weighted by Gasteiger charge is 2.11. The molecule has 1 rings (SSSR count). The Labute approximate surface area is 115 Å². The summed E-state index contributed by atoms with van der Waals surface area (Å²) < 4.78 is 5.58. The molecule has 0 aliphatic rings. The summed E-state index contributed by atoms with van der Waals surface area (Å²) in [6, 6.07) is 0.404. The molecule has 1 N–H and O–H groups in total. The normalized spacial score (nSPS) is 10.3. The molecule has 0 aliphatic carbocycles. The van der Waals surface area contributed by atoms with Crippen molar-refractivity contribution in [1.82, 2.24) is 15.0 Å². The van der Waals surface area contributed by atoms with Crippen LogP contribution in [0.4, 0.5) is 11.9 Å². The highest BCUT2D eigenvalue weighted by atomic mass is 16.5. The second-order valence-electron chi connectivity index (χ2n) is 4.15. The van der Waals surface area contributed by atoms with Crippen molar-refractivity contribution >= 4 is 11.9 Å². The summed E-state index contributed by atoms with van der Waals surface area (Å²) in [6.07, 6.45) is 2.09. The van der Waals surface area contributed by atoms with Crippen LogP contribution >= 0.6 is 0 Å². The molecule has 0 fully saturated rings. The SMILES string of the molecule is CCCCOc1nc(NCC)nc(N(CC)CC)n1. The van der Waals surface area contributed by atoms with Gasteiger partial charge in [0.1, 0.15) is 0 Å². The van der Waals surface area contributed by atoms with E-state index in [-0.39, 0.29) is 0 Å². The van der Waals surface area contributed by atoms with Crippen LogP contribution in [-0.4, -0.2) is 41.2 Å². The number of anilines is 2. The van der Waals surface area contributed by atoms with Crippen LogP contribution in [0.5, 0.6) is 6.01 Å². The maximum absolute atomic E-state index is 5.58. The Morgan fingerprint density at radius 3 is 2.37 bits per heavy atom. The lowest BCUT2D eigenvalue weighted by Crippen LogP contribution is -2.25. The quantitative estimate of drug-likeness (QED) is 0.693. The molecule has 0 bridgehead atoms. The van der Waals surface area contributed by atoms with Crippen molar-refractivity contribution < 1.29 is 4.74 Å². The number of nitrogens with one attached hydrogen (secondary N) is 1. The molecule has 6 heteroatoms. The summed E-state index contributed by atoms with van der Waals surface area (Å²) in [5.74, 6) is 1.24. The number of hydrogen-bond donors (Lipinski definition) is 1. The van der Waals surface area contributed by atoms with Gasteiger partial charge in [-0.05, 0) is 27.2 Å². The Balaban J connectivity index is 2.89. The second kappa shape index (κ2) is 8.50. The Morgan fingerprint density at radius 1 is 1.05 bits per heavy atom. The van der Waals surface area contributed by atoms with E-state index < -0.39 is 0 Å². The average molecular weight is 267 g/mol. The van der Waals surface area contributed by atoms with E-state index in [9.17, 15) is 0 Å². The lowest BCUT2D eigenvalue weighted by Gasteiger charge is -2.19. The standard InChI is InChI=1S/C13H25N5O/c1-5-9-10-19-13-16-11(14-6-2)15-12(17-13)18(7-3)8-4/h5-10H2,1-4H3,(H,14,15,16,17). The highest BCUT2D eigenvalue weighted by Crippen LogP contribution is 2.15.